The lowest BCUT2D eigenvalue weighted by molar-refractivity contribution is 0.482. The molecule has 0 radical (unpaired) electrons. The van der Waals surface area contributed by atoms with Crippen molar-refractivity contribution >= 4 is 21.5 Å². The standard InChI is InChI=1S/C13H12O.C13H12.2C11H10.C8H10.C7H8/c1-11-7-9-13(10-8-11)14-12-5-3-2-4-6-12;1-11-7-9-13(10-8-11)12-5-3-2-4-6-12;1-9-5-4-7-10-6-2-3-8-11(9)10;1-9-6-7-10-4-2-3-5-11(10)8-9;1-7-3-5-8(2)6-4-7;1-7-5-3-2-4-6-7/h2-10H,1H3;2-10H,1H3;2*2-8H,1H3;3-6H,1-2H3;2-6H,1H3. The van der Waals surface area contributed by atoms with Gasteiger partial charge in [0.1, 0.15) is 11.5 Å². The Labute approximate surface area is 383 Å². The van der Waals surface area contributed by atoms with Gasteiger partial charge in [-0.15, -0.1) is 0 Å². The van der Waals surface area contributed by atoms with Gasteiger partial charge in [-0.2, -0.15) is 0 Å². The molecule has 0 saturated carbocycles. The molecule has 10 aromatic rings. The molecule has 0 N–H and O–H groups in total. The van der Waals surface area contributed by atoms with Crippen molar-refractivity contribution in [2.75, 3.05) is 0 Å². The van der Waals surface area contributed by atoms with Crippen LogP contribution >= 0.6 is 0 Å². The third-order valence-electron chi connectivity index (χ3n) is 10.2. The maximum absolute atomic E-state index is 5.63. The highest BCUT2D eigenvalue weighted by atomic mass is 16.5. The number of hydrogen-bond acceptors (Lipinski definition) is 1. The average Bonchev–Trinajstić information content (AvgIpc) is 3.33. The summed E-state index contributed by atoms with van der Waals surface area (Å²) in [5, 5.41) is 5.33. The predicted molar refractivity (Wildman–Crippen MR) is 279 cm³/mol. The monoisotopic (exact) mass is 834 g/mol. The average molecular weight is 835 g/mol. The fraction of sp³-hybridized carbons (Fsp3) is 0.111. The Morgan fingerprint density at radius 3 is 1.14 bits per heavy atom. The molecule has 320 valence electrons. The van der Waals surface area contributed by atoms with Crippen LogP contribution in [0, 0.1) is 48.5 Å². The maximum atomic E-state index is 5.63. The van der Waals surface area contributed by atoms with E-state index < -0.39 is 0 Å². The van der Waals surface area contributed by atoms with Crippen LogP contribution in [0.1, 0.15) is 38.9 Å². The summed E-state index contributed by atoms with van der Waals surface area (Å²) < 4.78 is 5.63. The molecular formula is C63H62O. The molecule has 0 aliphatic heterocycles. The van der Waals surface area contributed by atoms with Gasteiger partial charge in [-0.1, -0.05) is 258 Å². The first-order chi connectivity index (χ1) is 31.1. The molecule has 0 spiro atoms. The van der Waals surface area contributed by atoms with Crippen LogP contribution in [0.4, 0.5) is 0 Å². The van der Waals surface area contributed by atoms with Crippen molar-refractivity contribution < 1.29 is 4.74 Å². The number of ether oxygens (including phenoxy) is 1. The van der Waals surface area contributed by atoms with Gasteiger partial charge < -0.3 is 4.74 Å². The van der Waals surface area contributed by atoms with E-state index in [9.17, 15) is 0 Å². The molecule has 0 saturated heterocycles. The summed E-state index contributed by atoms with van der Waals surface area (Å²) in [6.07, 6.45) is 0. The molecule has 0 heterocycles. The zero-order valence-corrected chi connectivity index (χ0v) is 38.6. The Kier molecular flexibility index (Phi) is 19.4. The normalized spacial score (nSPS) is 9.80. The zero-order valence-electron chi connectivity index (χ0n) is 38.6. The largest absolute Gasteiger partial charge is 0.457 e. The van der Waals surface area contributed by atoms with Crippen molar-refractivity contribution in [1.82, 2.24) is 0 Å². The van der Waals surface area contributed by atoms with Crippen LogP contribution in [0.2, 0.25) is 0 Å². The van der Waals surface area contributed by atoms with Crippen LogP contribution in [0.15, 0.2) is 249 Å². The number of rotatable bonds is 3. The summed E-state index contributed by atoms with van der Waals surface area (Å²) in [6, 6.07) is 85.3. The molecule has 0 unspecified atom stereocenters. The molecule has 0 atom stereocenters. The maximum Gasteiger partial charge on any atom is 0.127 e. The fourth-order valence-electron chi connectivity index (χ4n) is 6.47. The highest BCUT2D eigenvalue weighted by Crippen LogP contribution is 2.21. The van der Waals surface area contributed by atoms with Crippen LogP contribution < -0.4 is 4.74 Å². The summed E-state index contributed by atoms with van der Waals surface area (Å²) >= 11 is 0. The van der Waals surface area contributed by atoms with Gasteiger partial charge in [0.15, 0.2) is 0 Å². The SMILES string of the molecule is Cc1ccc(-c2ccccc2)cc1.Cc1ccc(C)cc1.Cc1ccc(Oc2ccccc2)cc1.Cc1ccc2ccccc2c1.Cc1cccc2ccccc12.Cc1ccccc1. The Hall–Kier alpha value is -7.48. The van der Waals surface area contributed by atoms with Crippen molar-refractivity contribution in [3.8, 4) is 22.6 Å². The Morgan fingerprint density at radius 1 is 0.234 bits per heavy atom. The molecule has 0 aliphatic rings. The van der Waals surface area contributed by atoms with E-state index in [0.717, 1.165) is 11.5 Å². The molecule has 0 amide bonds. The second-order valence-corrected chi connectivity index (χ2v) is 15.9. The van der Waals surface area contributed by atoms with E-state index >= 15 is 0 Å². The minimum atomic E-state index is 0.872. The fourth-order valence-corrected chi connectivity index (χ4v) is 6.47. The first kappa shape index (κ1) is 47.6. The van der Waals surface area contributed by atoms with Gasteiger partial charge in [0.25, 0.3) is 0 Å². The molecule has 1 heteroatoms. The summed E-state index contributed by atoms with van der Waals surface area (Å²) in [5.41, 5.74) is 11.8. The van der Waals surface area contributed by atoms with Gasteiger partial charge in [-0.3, -0.25) is 0 Å². The van der Waals surface area contributed by atoms with Crippen LogP contribution in [0.5, 0.6) is 11.5 Å². The van der Waals surface area contributed by atoms with E-state index in [-0.39, 0.29) is 0 Å². The third-order valence-corrected chi connectivity index (χ3v) is 10.2. The smallest absolute Gasteiger partial charge is 0.127 e. The molecule has 0 aromatic heterocycles. The highest BCUT2D eigenvalue weighted by molar-refractivity contribution is 5.85. The van der Waals surface area contributed by atoms with Gasteiger partial charge >= 0.3 is 0 Å². The van der Waals surface area contributed by atoms with Crippen LogP contribution in [0.25, 0.3) is 32.7 Å². The Balaban J connectivity index is 0.000000147. The number of fused-ring (bicyclic) bond motifs is 2. The van der Waals surface area contributed by atoms with Crippen LogP contribution in [-0.2, 0) is 0 Å². The van der Waals surface area contributed by atoms with E-state index in [2.05, 4.69) is 218 Å². The minimum Gasteiger partial charge on any atom is -0.457 e. The van der Waals surface area contributed by atoms with Crippen molar-refractivity contribution in [2.24, 2.45) is 0 Å². The van der Waals surface area contributed by atoms with Gasteiger partial charge in [0, 0.05) is 0 Å². The second kappa shape index (κ2) is 26.1. The minimum absolute atomic E-state index is 0.872. The third kappa shape index (κ3) is 17.1. The number of para-hydroxylation sites is 1. The quantitative estimate of drug-likeness (QED) is 0.172. The lowest BCUT2D eigenvalue weighted by Crippen LogP contribution is -1.82. The first-order valence-corrected chi connectivity index (χ1v) is 22.0. The van der Waals surface area contributed by atoms with Gasteiger partial charge in [0.05, 0.1) is 0 Å². The van der Waals surface area contributed by atoms with E-state index in [1.165, 1.54) is 71.6 Å². The lowest BCUT2D eigenvalue weighted by Gasteiger charge is -2.04. The summed E-state index contributed by atoms with van der Waals surface area (Å²) in [5.74, 6) is 1.75. The van der Waals surface area contributed by atoms with Crippen molar-refractivity contribution in [1.29, 1.82) is 0 Å². The molecule has 0 fully saturated rings. The van der Waals surface area contributed by atoms with Gasteiger partial charge in [0.2, 0.25) is 0 Å². The first-order valence-electron chi connectivity index (χ1n) is 22.0. The summed E-state index contributed by atoms with van der Waals surface area (Å²) in [6.45, 7) is 14.7. The van der Waals surface area contributed by atoms with Gasteiger partial charge in [-0.25, -0.2) is 0 Å². The topological polar surface area (TPSA) is 9.23 Å². The molecule has 0 aliphatic carbocycles. The van der Waals surface area contributed by atoms with Crippen molar-refractivity contribution in [3.05, 3.63) is 288 Å². The predicted octanol–water partition coefficient (Wildman–Crippen LogP) is 18.0. The molecule has 64 heavy (non-hydrogen) atoms. The molecule has 1 nitrogen and oxygen atoms in total. The van der Waals surface area contributed by atoms with Crippen LogP contribution in [0.3, 0.4) is 0 Å². The zero-order chi connectivity index (χ0) is 45.4. The van der Waals surface area contributed by atoms with Crippen LogP contribution in [-0.4, -0.2) is 0 Å². The molecule has 0 bridgehead atoms. The van der Waals surface area contributed by atoms with E-state index in [0.29, 0.717) is 0 Å². The number of hydrogen-bond donors (Lipinski definition) is 0. The highest BCUT2D eigenvalue weighted by Gasteiger charge is 1.96. The Morgan fingerprint density at radius 2 is 0.609 bits per heavy atom. The second-order valence-electron chi connectivity index (χ2n) is 15.9. The van der Waals surface area contributed by atoms with Gasteiger partial charge in [-0.05, 0) is 111 Å². The van der Waals surface area contributed by atoms with E-state index in [1.54, 1.807) is 0 Å². The summed E-state index contributed by atoms with van der Waals surface area (Å²) in [7, 11) is 0. The van der Waals surface area contributed by atoms with Crippen molar-refractivity contribution in [3.63, 3.8) is 0 Å². The molecular weight excluding hydrogens is 773 g/mol. The van der Waals surface area contributed by atoms with E-state index in [4.69, 9.17) is 4.74 Å². The number of benzene rings is 10. The van der Waals surface area contributed by atoms with E-state index in [1.807, 2.05) is 78.9 Å². The molecule has 10 rings (SSSR count). The molecule has 10 aromatic carbocycles. The lowest BCUT2D eigenvalue weighted by atomic mass is 10.0. The Bertz CT molecular complexity index is 2780. The number of aryl methyl sites for hydroxylation is 7. The van der Waals surface area contributed by atoms with Crippen molar-refractivity contribution in [2.45, 2.75) is 48.5 Å². The summed E-state index contributed by atoms with van der Waals surface area (Å²) in [4.78, 5) is 0.